The first-order valence-electron chi connectivity index (χ1n) is 5.30. The average Bonchev–Trinajstić information content (AvgIpc) is 2.15. The Kier molecular flexibility index (Phi) is 4.50. The van der Waals surface area contributed by atoms with Gasteiger partial charge in [-0.05, 0) is 44.8 Å². The molecule has 0 aromatic rings. The summed E-state index contributed by atoms with van der Waals surface area (Å²) in [6.07, 6.45) is 5.07. The second kappa shape index (κ2) is 5.43. The predicted octanol–water partition coefficient (Wildman–Crippen LogP) is 2.15. The first kappa shape index (κ1) is 10.8. The van der Waals surface area contributed by atoms with Crippen LogP contribution in [0.25, 0.3) is 0 Å². The molecule has 0 saturated carbocycles. The van der Waals surface area contributed by atoms with Gasteiger partial charge in [0.25, 0.3) is 0 Å². The Morgan fingerprint density at radius 2 is 2.31 bits per heavy atom. The zero-order valence-corrected chi connectivity index (χ0v) is 9.49. The highest BCUT2D eigenvalue weighted by Gasteiger charge is 2.19. The third-order valence-electron chi connectivity index (χ3n) is 2.59. The third-order valence-corrected chi connectivity index (χ3v) is 2.97. The van der Waals surface area contributed by atoms with Crippen LogP contribution in [-0.4, -0.2) is 29.1 Å². The largest absolute Gasteiger partial charge is 0.363 e. The molecule has 0 aromatic carbocycles. The minimum Gasteiger partial charge on any atom is -0.363 e. The number of thiocarbonyl (C=S) groups is 1. The van der Waals surface area contributed by atoms with Crippen LogP contribution in [0.1, 0.15) is 39.5 Å². The molecule has 0 bridgehead atoms. The van der Waals surface area contributed by atoms with Crippen molar-refractivity contribution in [2.45, 2.75) is 45.6 Å². The van der Waals surface area contributed by atoms with Gasteiger partial charge in [-0.25, -0.2) is 0 Å². The average molecular weight is 200 g/mol. The summed E-state index contributed by atoms with van der Waals surface area (Å²) in [5.41, 5.74) is 0. The number of hydrogen-bond acceptors (Lipinski definition) is 1. The quantitative estimate of drug-likeness (QED) is 0.688. The van der Waals surface area contributed by atoms with Gasteiger partial charge >= 0.3 is 0 Å². The molecule has 1 heterocycles. The van der Waals surface area contributed by atoms with Crippen LogP contribution in [0.2, 0.25) is 0 Å². The number of nitrogens with one attached hydrogen (secondary N) is 1. The Bertz CT molecular complexity index is 170. The molecule has 0 aromatic heterocycles. The topological polar surface area (TPSA) is 15.3 Å². The van der Waals surface area contributed by atoms with E-state index in [0.717, 1.165) is 24.6 Å². The summed E-state index contributed by atoms with van der Waals surface area (Å²) in [6, 6.07) is 0.630. The SMILES string of the molecule is CCCNC(=S)N1CCCCC1C. The van der Waals surface area contributed by atoms with Crippen LogP contribution in [0, 0.1) is 0 Å². The highest BCUT2D eigenvalue weighted by atomic mass is 32.1. The van der Waals surface area contributed by atoms with Crippen molar-refractivity contribution in [3.05, 3.63) is 0 Å². The van der Waals surface area contributed by atoms with Gasteiger partial charge < -0.3 is 10.2 Å². The molecule has 0 amide bonds. The fourth-order valence-corrected chi connectivity index (χ4v) is 2.11. The van der Waals surface area contributed by atoms with Crippen molar-refractivity contribution in [1.82, 2.24) is 10.2 Å². The molecule has 1 atom stereocenters. The minimum absolute atomic E-state index is 0.630. The minimum atomic E-state index is 0.630. The first-order chi connectivity index (χ1) is 6.25. The number of likely N-dealkylation sites (tertiary alicyclic amines) is 1. The summed E-state index contributed by atoms with van der Waals surface area (Å²) in [5, 5.41) is 4.24. The van der Waals surface area contributed by atoms with E-state index in [1.807, 2.05) is 0 Å². The lowest BCUT2D eigenvalue weighted by Crippen LogP contribution is -2.47. The van der Waals surface area contributed by atoms with Gasteiger partial charge in [-0.15, -0.1) is 0 Å². The lowest BCUT2D eigenvalue weighted by Gasteiger charge is -2.35. The molecule has 13 heavy (non-hydrogen) atoms. The molecule has 2 nitrogen and oxygen atoms in total. The summed E-state index contributed by atoms with van der Waals surface area (Å²) >= 11 is 5.33. The summed E-state index contributed by atoms with van der Waals surface area (Å²) in [7, 11) is 0. The molecule has 0 aliphatic carbocycles. The van der Waals surface area contributed by atoms with Gasteiger partial charge in [0.15, 0.2) is 5.11 Å². The molecule has 1 saturated heterocycles. The highest BCUT2D eigenvalue weighted by molar-refractivity contribution is 7.80. The zero-order chi connectivity index (χ0) is 9.68. The predicted molar refractivity (Wildman–Crippen MR) is 60.9 cm³/mol. The van der Waals surface area contributed by atoms with E-state index >= 15 is 0 Å². The second-order valence-corrected chi connectivity index (χ2v) is 4.16. The zero-order valence-electron chi connectivity index (χ0n) is 8.68. The summed E-state index contributed by atoms with van der Waals surface area (Å²) in [6.45, 7) is 6.56. The van der Waals surface area contributed by atoms with Gasteiger partial charge in [0.2, 0.25) is 0 Å². The van der Waals surface area contributed by atoms with Gasteiger partial charge in [0.05, 0.1) is 0 Å². The third kappa shape index (κ3) is 3.14. The van der Waals surface area contributed by atoms with E-state index in [4.69, 9.17) is 12.2 Å². The fraction of sp³-hybridized carbons (Fsp3) is 0.900. The van der Waals surface area contributed by atoms with Crippen molar-refractivity contribution in [2.24, 2.45) is 0 Å². The van der Waals surface area contributed by atoms with Crippen molar-refractivity contribution in [3.8, 4) is 0 Å². The van der Waals surface area contributed by atoms with E-state index in [0.29, 0.717) is 6.04 Å². The van der Waals surface area contributed by atoms with Crippen molar-refractivity contribution in [3.63, 3.8) is 0 Å². The number of nitrogens with zero attached hydrogens (tertiary/aromatic N) is 1. The van der Waals surface area contributed by atoms with Crippen LogP contribution < -0.4 is 5.32 Å². The van der Waals surface area contributed by atoms with E-state index < -0.39 is 0 Å². The molecule has 1 aliphatic rings. The Balaban J connectivity index is 2.35. The first-order valence-corrected chi connectivity index (χ1v) is 5.71. The fourth-order valence-electron chi connectivity index (χ4n) is 1.73. The van der Waals surface area contributed by atoms with Crippen LogP contribution in [0.5, 0.6) is 0 Å². The number of hydrogen-bond donors (Lipinski definition) is 1. The Morgan fingerprint density at radius 1 is 1.54 bits per heavy atom. The molecule has 0 spiro atoms. The van der Waals surface area contributed by atoms with E-state index in [-0.39, 0.29) is 0 Å². The monoisotopic (exact) mass is 200 g/mol. The van der Waals surface area contributed by atoms with Crippen molar-refractivity contribution < 1.29 is 0 Å². The van der Waals surface area contributed by atoms with Crippen LogP contribution >= 0.6 is 12.2 Å². The molecule has 1 fully saturated rings. The van der Waals surface area contributed by atoms with Gasteiger partial charge in [-0.2, -0.15) is 0 Å². The van der Waals surface area contributed by atoms with E-state index in [2.05, 4.69) is 24.1 Å². The lowest BCUT2D eigenvalue weighted by atomic mass is 10.0. The van der Waals surface area contributed by atoms with E-state index in [1.54, 1.807) is 0 Å². The normalized spacial score (nSPS) is 22.9. The van der Waals surface area contributed by atoms with Gasteiger partial charge in [-0.1, -0.05) is 6.92 Å². The molecule has 1 unspecified atom stereocenters. The summed E-state index contributed by atoms with van der Waals surface area (Å²) in [5.74, 6) is 0. The maximum Gasteiger partial charge on any atom is 0.169 e. The summed E-state index contributed by atoms with van der Waals surface area (Å²) in [4.78, 5) is 2.33. The van der Waals surface area contributed by atoms with Crippen LogP contribution in [0.15, 0.2) is 0 Å². The maximum absolute atomic E-state index is 5.33. The molecule has 1 N–H and O–H groups in total. The standard InChI is InChI=1S/C10H20N2S/c1-3-7-11-10(13)12-8-5-4-6-9(12)2/h9H,3-8H2,1-2H3,(H,11,13). The molecule has 1 aliphatic heterocycles. The van der Waals surface area contributed by atoms with E-state index in [9.17, 15) is 0 Å². The molecule has 1 rings (SSSR count). The Labute approximate surface area is 86.7 Å². The molecule has 76 valence electrons. The number of rotatable bonds is 2. The van der Waals surface area contributed by atoms with Gasteiger partial charge in [-0.3, -0.25) is 0 Å². The summed E-state index contributed by atoms with van der Waals surface area (Å²) < 4.78 is 0. The Hall–Kier alpha value is -0.310. The van der Waals surface area contributed by atoms with Crippen molar-refractivity contribution in [1.29, 1.82) is 0 Å². The maximum atomic E-state index is 5.33. The van der Waals surface area contributed by atoms with Gasteiger partial charge in [0, 0.05) is 19.1 Å². The van der Waals surface area contributed by atoms with Crippen LogP contribution in [0.4, 0.5) is 0 Å². The second-order valence-electron chi connectivity index (χ2n) is 3.77. The molecule has 0 radical (unpaired) electrons. The van der Waals surface area contributed by atoms with Crippen molar-refractivity contribution in [2.75, 3.05) is 13.1 Å². The Morgan fingerprint density at radius 3 is 2.92 bits per heavy atom. The smallest absolute Gasteiger partial charge is 0.169 e. The van der Waals surface area contributed by atoms with E-state index in [1.165, 1.54) is 19.3 Å². The van der Waals surface area contributed by atoms with Crippen LogP contribution in [0.3, 0.4) is 0 Å². The molecular weight excluding hydrogens is 180 g/mol. The van der Waals surface area contributed by atoms with Gasteiger partial charge in [0.1, 0.15) is 0 Å². The lowest BCUT2D eigenvalue weighted by molar-refractivity contribution is 0.255. The number of piperidine rings is 1. The van der Waals surface area contributed by atoms with Crippen molar-refractivity contribution >= 4 is 17.3 Å². The molecular formula is C10H20N2S. The van der Waals surface area contributed by atoms with Crippen LogP contribution in [-0.2, 0) is 0 Å². The highest BCUT2D eigenvalue weighted by Crippen LogP contribution is 2.16. The molecule has 3 heteroatoms.